The summed E-state index contributed by atoms with van der Waals surface area (Å²) in [6.07, 6.45) is 2.27. The average molecular weight is 299 g/mol. The number of benzene rings is 1. The van der Waals surface area contributed by atoms with E-state index in [1.54, 1.807) is 25.1 Å². The number of sulfonamides is 1. The van der Waals surface area contributed by atoms with E-state index in [1.165, 1.54) is 0 Å². The third-order valence-corrected chi connectivity index (χ3v) is 4.04. The minimum atomic E-state index is -3.79. The maximum absolute atomic E-state index is 12.1. The van der Waals surface area contributed by atoms with Crippen LogP contribution in [0.5, 0.6) is 0 Å². The molecule has 1 aromatic heterocycles. The molecular formula is C11H11ClN4O2S. The minimum Gasteiger partial charge on any atom is -0.368 e. The summed E-state index contributed by atoms with van der Waals surface area (Å²) < 4.78 is 26.7. The van der Waals surface area contributed by atoms with Gasteiger partial charge in [0.05, 0.1) is 23.1 Å². The molecular weight excluding hydrogens is 288 g/mol. The van der Waals surface area contributed by atoms with Gasteiger partial charge in [0.15, 0.2) is 0 Å². The number of nitrogen functional groups attached to an aromatic ring is 1. The van der Waals surface area contributed by atoms with Crippen LogP contribution in [-0.2, 0) is 10.0 Å². The van der Waals surface area contributed by atoms with E-state index in [9.17, 15) is 8.42 Å². The van der Waals surface area contributed by atoms with Crippen molar-refractivity contribution >= 4 is 33.3 Å². The van der Waals surface area contributed by atoms with Gasteiger partial charge in [-0.3, -0.25) is 4.72 Å². The standard InChI is InChI=1S/C11H11ClN4O2S/c1-7-3-2-4-9(12)10(7)16-19(17,18)8-5-14-11(13)15-6-8/h2-6,16H,1H3,(H2,13,14,15). The second-order valence-corrected chi connectivity index (χ2v) is 5.90. The van der Waals surface area contributed by atoms with Crippen molar-refractivity contribution < 1.29 is 8.42 Å². The van der Waals surface area contributed by atoms with E-state index in [1.807, 2.05) is 0 Å². The van der Waals surface area contributed by atoms with Gasteiger partial charge in [-0.2, -0.15) is 0 Å². The van der Waals surface area contributed by atoms with Gasteiger partial charge in [-0.1, -0.05) is 23.7 Å². The molecule has 1 aromatic carbocycles. The summed E-state index contributed by atoms with van der Waals surface area (Å²) in [5.41, 5.74) is 6.36. The van der Waals surface area contributed by atoms with Gasteiger partial charge in [0, 0.05) is 0 Å². The Hall–Kier alpha value is -1.86. The van der Waals surface area contributed by atoms with Crippen LogP contribution in [0.25, 0.3) is 0 Å². The molecule has 0 atom stereocenters. The highest BCUT2D eigenvalue weighted by Crippen LogP contribution is 2.27. The van der Waals surface area contributed by atoms with E-state index in [2.05, 4.69) is 14.7 Å². The van der Waals surface area contributed by atoms with Crippen LogP contribution in [-0.4, -0.2) is 18.4 Å². The first-order valence-electron chi connectivity index (χ1n) is 5.25. The van der Waals surface area contributed by atoms with Crippen LogP contribution in [0.1, 0.15) is 5.56 Å². The summed E-state index contributed by atoms with van der Waals surface area (Å²) in [4.78, 5) is 7.21. The van der Waals surface area contributed by atoms with Crippen molar-refractivity contribution in [2.24, 2.45) is 0 Å². The molecule has 8 heteroatoms. The van der Waals surface area contributed by atoms with E-state index in [4.69, 9.17) is 17.3 Å². The molecule has 0 saturated heterocycles. The van der Waals surface area contributed by atoms with Crippen molar-refractivity contribution in [3.63, 3.8) is 0 Å². The number of nitrogens with zero attached hydrogens (tertiary/aromatic N) is 2. The Morgan fingerprint density at radius 1 is 1.26 bits per heavy atom. The molecule has 0 aliphatic rings. The summed E-state index contributed by atoms with van der Waals surface area (Å²) in [5.74, 6) is 0.00729. The van der Waals surface area contributed by atoms with Gasteiger partial charge in [-0.05, 0) is 18.6 Å². The van der Waals surface area contributed by atoms with Gasteiger partial charge in [-0.25, -0.2) is 18.4 Å². The normalized spacial score (nSPS) is 11.3. The SMILES string of the molecule is Cc1cccc(Cl)c1NS(=O)(=O)c1cnc(N)nc1. The maximum Gasteiger partial charge on any atom is 0.265 e. The Balaban J connectivity index is 2.39. The van der Waals surface area contributed by atoms with Crippen molar-refractivity contribution in [3.05, 3.63) is 41.2 Å². The Bertz CT molecular complexity index is 681. The Labute approximate surface area is 115 Å². The molecule has 1 heterocycles. The first-order chi connectivity index (χ1) is 8.90. The summed E-state index contributed by atoms with van der Waals surface area (Å²) in [6.45, 7) is 1.75. The monoisotopic (exact) mass is 298 g/mol. The molecule has 0 spiro atoms. The van der Waals surface area contributed by atoms with Gasteiger partial charge in [0.2, 0.25) is 5.95 Å². The molecule has 2 aromatic rings. The predicted octanol–water partition coefficient (Wildman–Crippen LogP) is 1.82. The molecule has 0 bridgehead atoms. The van der Waals surface area contributed by atoms with Crippen LogP contribution in [0.3, 0.4) is 0 Å². The Kier molecular flexibility index (Phi) is 3.59. The number of nitrogens with two attached hydrogens (primary N) is 1. The number of hydrogen-bond donors (Lipinski definition) is 2. The second-order valence-electron chi connectivity index (χ2n) is 3.81. The van der Waals surface area contributed by atoms with Crippen LogP contribution in [0.2, 0.25) is 5.02 Å². The van der Waals surface area contributed by atoms with E-state index < -0.39 is 10.0 Å². The van der Waals surface area contributed by atoms with Gasteiger partial charge >= 0.3 is 0 Å². The lowest BCUT2D eigenvalue weighted by molar-refractivity contribution is 0.600. The molecule has 0 amide bonds. The van der Waals surface area contributed by atoms with E-state index >= 15 is 0 Å². The van der Waals surface area contributed by atoms with Crippen LogP contribution < -0.4 is 10.5 Å². The first-order valence-corrected chi connectivity index (χ1v) is 7.12. The highest BCUT2D eigenvalue weighted by Gasteiger charge is 2.17. The van der Waals surface area contributed by atoms with Crippen molar-refractivity contribution in [3.8, 4) is 0 Å². The fourth-order valence-electron chi connectivity index (χ4n) is 1.42. The highest BCUT2D eigenvalue weighted by atomic mass is 35.5. The number of halogens is 1. The minimum absolute atomic E-state index is 0.00729. The van der Waals surface area contributed by atoms with Gasteiger partial charge in [-0.15, -0.1) is 0 Å². The lowest BCUT2D eigenvalue weighted by atomic mass is 10.2. The van der Waals surface area contributed by atoms with Crippen LogP contribution in [0, 0.1) is 6.92 Å². The zero-order valence-corrected chi connectivity index (χ0v) is 11.5. The Morgan fingerprint density at radius 3 is 2.47 bits per heavy atom. The molecule has 2 rings (SSSR count). The molecule has 0 unspecified atom stereocenters. The number of para-hydroxylation sites is 1. The summed E-state index contributed by atoms with van der Waals surface area (Å²) >= 11 is 5.97. The molecule has 19 heavy (non-hydrogen) atoms. The number of rotatable bonds is 3. The van der Waals surface area contributed by atoms with Crippen molar-refractivity contribution in [1.29, 1.82) is 0 Å². The highest BCUT2D eigenvalue weighted by molar-refractivity contribution is 7.92. The van der Waals surface area contributed by atoms with E-state index in [0.29, 0.717) is 16.3 Å². The average Bonchev–Trinajstić information content (AvgIpc) is 2.35. The fourth-order valence-corrected chi connectivity index (χ4v) is 2.78. The van der Waals surface area contributed by atoms with Crippen molar-refractivity contribution in [2.75, 3.05) is 10.5 Å². The molecule has 0 aliphatic heterocycles. The predicted molar refractivity (Wildman–Crippen MR) is 73.4 cm³/mol. The lowest BCUT2D eigenvalue weighted by Crippen LogP contribution is -2.15. The zero-order valence-electron chi connectivity index (χ0n) is 9.96. The third kappa shape index (κ3) is 2.94. The van der Waals surface area contributed by atoms with Crippen LogP contribution >= 0.6 is 11.6 Å². The van der Waals surface area contributed by atoms with E-state index in [-0.39, 0.29) is 10.8 Å². The van der Waals surface area contributed by atoms with Crippen molar-refractivity contribution in [2.45, 2.75) is 11.8 Å². The molecule has 0 fully saturated rings. The zero-order chi connectivity index (χ0) is 14.0. The smallest absolute Gasteiger partial charge is 0.265 e. The molecule has 100 valence electrons. The second kappa shape index (κ2) is 5.02. The topological polar surface area (TPSA) is 98.0 Å². The van der Waals surface area contributed by atoms with Crippen LogP contribution in [0.4, 0.5) is 11.6 Å². The number of nitrogens with one attached hydrogen (secondary N) is 1. The fraction of sp³-hybridized carbons (Fsp3) is 0.0909. The Morgan fingerprint density at radius 2 is 1.89 bits per heavy atom. The molecule has 0 radical (unpaired) electrons. The lowest BCUT2D eigenvalue weighted by Gasteiger charge is -2.11. The molecule has 0 aliphatic carbocycles. The van der Waals surface area contributed by atoms with Crippen LogP contribution in [0.15, 0.2) is 35.5 Å². The number of anilines is 2. The number of hydrogen-bond acceptors (Lipinski definition) is 5. The molecule has 3 N–H and O–H groups in total. The summed E-state index contributed by atoms with van der Waals surface area (Å²) in [7, 11) is -3.79. The number of aryl methyl sites for hydroxylation is 1. The molecule has 0 saturated carbocycles. The quantitative estimate of drug-likeness (QED) is 0.900. The molecule has 6 nitrogen and oxygen atoms in total. The summed E-state index contributed by atoms with van der Waals surface area (Å²) in [5, 5.41) is 0.319. The largest absolute Gasteiger partial charge is 0.368 e. The van der Waals surface area contributed by atoms with Crippen molar-refractivity contribution in [1.82, 2.24) is 9.97 Å². The van der Waals surface area contributed by atoms with Gasteiger partial charge in [0.25, 0.3) is 10.0 Å². The van der Waals surface area contributed by atoms with E-state index in [0.717, 1.165) is 12.4 Å². The van der Waals surface area contributed by atoms with Gasteiger partial charge in [0.1, 0.15) is 4.90 Å². The van der Waals surface area contributed by atoms with Gasteiger partial charge < -0.3 is 5.73 Å². The summed E-state index contributed by atoms with van der Waals surface area (Å²) in [6, 6.07) is 5.09. The number of aromatic nitrogens is 2. The maximum atomic E-state index is 12.1. The first kappa shape index (κ1) is 13.6. The third-order valence-electron chi connectivity index (χ3n) is 2.42.